The first-order valence-electron chi connectivity index (χ1n) is 7.04. The Labute approximate surface area is 149 Å². The lowest BCUT2D eigenvalue weighted by atomic mass is 10.2. The molecule has 1 N–H and O–H groups in total. The molecule has 7 heteroatoms. The second-order valence-electron chi connectivity index (χ2n) is 4.94. The summed E-state index contributed by atoms with van der Waals surface area (Å²) in [6.45, 7) is 1.20. The second kappa shape index (κ2) is 8.57. The normalized spacial score (nSPS) is 10.1. The van der Waals surface area contributed by atoms with Crippen LogP contribution in [-0.2, 0) is 14.3 Å². The van der Waals surface area contributed by atoms with Gasteiger partial charge in [0.1, 0.15) is 5.75 Å². The molecule has 0 aliphatic rings. The number of ether oxygens (including phenoxy) is 2. The first-order chi connectivity index (χ1) is 11.4. The molecule has 0 saturated heterocycles. The highest BCUT2D eigenvalue weighted by Gasteiger charge is 2.10. The molecule has 0 aliphatic heterocycles. The Hall–Kier alpha value is -2.24. The van der Waals surface area contributed by atoms with Gasteiger partial charge in [0.15, 0.2) is 13.2 Å². The van der Waals surface area contributed by atoms with E-state index in [1.54, 1.807) is 24.3 Å². The highest BCUT2D eigenvalue weighted by atomic mass is 35.5. The number of halogens is 2. The summed E-state index contributed by atoms with van der Waals surface area (Å²) in [5, 5.41) is 3.28. The smallest absolute Gasteiger partial charge is 0.344 e. The highest BCUT2D eigenvalue weighted by Crippen LogP contribution is 2.25. The molecule has 0 atom stereocenters. The molecule has 0 heterocycles. The predicted molar refractivity (Wildman–Crippen MR) is 92.7 cm³/mol. The maximum atomic E-state index is 11.8. The Balaban J connectivity index is 1.75. The Kier molecular flexibility index (Phi) is 6.46. The van der Waals surface area contributed by atoms with Crippen LogP contribution in [0.4, 0.5) is 5.69 Å². The van der Waals surface area contributed by atoms with Crippen LogP contribution in [0.1, 0.15) is 5.56 Å². The summed E-state index contributed by atoms with van der Waals surface area (Å²) < 4.78 is 10.1. The Morgan fingerprint density at radius 2 is 1.88 bits per heavy atom. The van der Waals surface area contributed by atoms with Gasteiger partial charge in [0.2, 0.25) is 0 Å². The minimum Gasteiger partial charge on any atom is -0.482 e. The molecule has 0 saturated carbocycles. The highest BCUT2D eigenvalue weighted by molar-refractivity contribution is 6.36. The number of esters is 1. The third-order valence-electron chi connectivity index (χ3n) is 2.92. The second-order valence-corrected chi connectivity index (χ2v) is 5.78. The molecule has 0 fully saturated rings. The van der Waals surface area contributed by atoms with Crippen molar-refractivity contribution >= 4 is 40.8 Å². The van der Waals surface area contributed by atoms with Crippen LogP contribution in [0.2, 0.25) is 10.0 Å². The van der Waals surface area contributed by atoms with E-state index >= 15 is 0 Å². The molecule has 2 aromatic carbocycles. The number of nitrogens with one attached hydrogen (secondary N) is 1. The maximum absolute atomic E-state index is 11.8. The zero-order valence-corrected chi connectivity index (χ0v) is 14.4. The quantitative estimate of drug-likeness (QED) is 0.787. The molecule has 2 rings (SSSR count). The Morgan fingerprint density at radius 3 is 2.58 bits per heavy atom. The molecule has 0 spiro atoms. The van der Waals surface area contributed by atoms with Crippen molar-refractivity contribution in [3.8, 4) is 5.75 Å². The molecular weight excluding hydrogens is 353 g/mol. The van der Waals surface area contributed by atoms with Gasteiger partial charge in [-0.25, -0.2) is 4.79 Å². The zero-order valence-electron chi connectivity index (χ0n) is 12.8. The van der Waals surface area contributed by atoms with E-state index < -0.39 is 18.5 Å². The van der Waals surface area contributed by atoms with Gasteiger partial charge in [-0.15, -0.1) is 0 Å². The van der Waals surface area contributed by atoms with Crippen LogP contribution in [0.5, 0.6) is 5.75 Å². The van der Waals surface area contributed by atoms with Crippen LogP contribution in [0.3, 0.4) is 0 Å². The summed E-state index contributed by atoms with van der Waals surface area (Å²) in [6.07, 6.45) is 0. The van der Waals surface area contributed by atoms with Crippen molar-refractivity contribution in [2.75, 3.05) is 18.5 Å². The van der Waals surface area contributed by atoms with Crippen molar-refractivity contribution in [3.63, 3.8) is 0 Å². The Morgan fingerprint density at radius 1 is 1.08 bits per heavy atom. The van der Waals surface area contributed by atoms with E-state index in [0.29, 0.717) is 21.5 Å². The van der Waals surface area contributed by atoms with Gasteiger partial charge >= 0.3 is 5.97 Å². The summed E-state index contributed by atoms with van der Waals surface area (Å²) in [5.41, 5.74) is 1.40. The number of amides is 1. The SMILES string of the molecule is Cc1cccc(OCC(=O)OCC(=O)Nc2ccc(Cl)cc2Cl)c1. The number of aryl methyl sites for hydroxylation is 1. The van der Waals surface area contributed by atoms with E-state index in [1.807, 2.05) is 19.1 Å². The summed E-state index contributed by atoms with van der Waals surface area (Å²) in [6, 6.07) is 11.9. The van der Waals surface area contributed by atoms with Crippen molar-refractivity contribution in [2.24, 2.45) is 0 Å². The third-order valence-corrected chi connectivity index (χ3v) is 3.46. The number of benzene rings is 2. The summed E-state index contributed by atoms with van der Waals surface area (Å²) in [4.78, 5) is 23.4. The van der Waals surface area contributed by atoms with E-state index in [-0.39, 0.29) is 6.61 Å². The van der Waals surface area contributed by atoms with E-state index in [1.165, 1.54) is 6.07 Å². The first kappa shape index (κ1) is 18.1. The van der Waals surface area contributed by atoms with E-state index in [0.717, 1.165) is 5.56 Å². The van der Waals surface area contributed by atoms with E-state index in [2.05, 4.69) is 5.32 Å². The van der Waals surface area contributed by atoms with Gasteiger partial charge in [0, 0.05) is 5.02 Å². The van der Waals surface area contributed by atoms with Gasteiger partial charge < -0.3 is 14.8 Å². The molecule has 0 radical (unpaired) electrons. The molecule has 0 unspecified atom stereocenters. The molecule has 5 nitrogen and oxygen atoms in total. The maximum Gasteiger partial charge on any atom is 0.344 e. The standard InChI is InChI=1S/C17H15Cl2NO4/c1-11-3-2-4-13(7-11)23-10-17(22)24-9-16(21)20-15-6-5-12(18)8-14(15)19/h2-8H,9-10H2,1H3,(H,20,21). The average molecular weight is 368 g/mol. The van der Waals surface area contributed by atoms with Crippen molar-refractivity contribution < 1.29 is 19.1 Å². The molecule has 2 aromatic rings. The van der Waals surface area contributed by atoms with Crippen molar-refractivity contribution in [2.45, 2.75) is 6.92 Å². The molecule has 0 aromatic heterocycles. The minimum absolute atomic E-state index is 0.279. The fraction of sp³-hybridized carbons (Fsp3) is 0.176. The molecule has 0 bridgehead atoms. The first-order valence-corrected chi connectivity index (χ1v) is 7.79. The van der Waals surface area contributed by atoms with Crippen molar-refractivity contribution in [1.82, 2.24) is 0 Å². The molecule has 126 valence electrons. The van der Waals surface area contributed by atoms with Gasteiger partial charge in [0.25, 0.3) is 5.91 Å². The van der Waals surface area contributed by atoms with Crippen LogP contribution < -0.4 is 10.1 Å². The summed E-state index contributed by atoms with van der Waals surface area (Å²) in [5.74, 6) is -0.596. The van der Waals surface area contributed by atoms with Crippen LogP contribution in [0.25, 0.3) is 0 Å². The topological polar surface area (TPSA) is 64.6 Å². The van der Waals surface area contributed by atoms with Crippen molar-refractivity contribution in [1.29, 1.82) is 0 Å². The number of carbonyl (C=O) groups excluding carboxylic acids is 2. The fourth-order valence-electron chi connectivity index (χ4n) is 1.81. The van der Waals surface area contributed by atoms with Gasteiger partial charge in [-0.2, -0.15) is 0 Å². The van der Waals surface area contributed by atoms with Gasteiger partial charge in [-0.3, -0.25) is 4.79 Å². The molecule has 24 heavy (non-hydrogen) atoms. The lowest BCUT2D eigenvalue weighted by Gasteiger charge is -2.09. The summed E-state index contributed by atoms with van der Waals surface area (Å²) >= 11 is 11.7. The van der Waals surface area contributed by atoms with Crippen molar-refractivity contribution in [3.05, 3.63) is 58.1 Å². The van der Waals surface area contributed by atoms with E-state index in [4.69, 9.17) is 32.7 Å². The number of rotatable bonds is 6. The van der Waals surface area contributed by atoms with Crippen LogP contribution in [0, 0.1) is 6.92 Å². The molecule has 1 amide bonds. The lowest BCUT2D eigenvalue weighted by Crippen LogP contribution is -2.23. The van der Waals surface area contributed by atoms with Crippen LogP contribution >= 0.6 is 23.2 Å². The van der Waals surface area contributed by atoms with Crippen LogP contribution in [0.15, 0.2) is 42.5 Å². The Bertz CT molecular complexity index is 749. The largest absolute Gasteiger partial charge is 0.482 e. The van der Waals surface area contributed by atoms with Gasteiger partial charge in [-0.1, -0.05) is 35.3 Å². The number of anilines is 1. The number of hydrogen-bond acceptors (Lipinski definition) is 4. The average Bonchev–Trinajstić information content (AvgIpc) is 2.54. The lowest BCUT2D eigenvalue weighted by molar-refractivity contribution is -0.149. The number of hydrogen-bond donors (Lipinski definition) is 1. The summed E-state index contributed by atoms with van der Waals surface area (Å²) in [7, 11) is 0. The monoisotopic (exact) mass is 367 g/mol. The predicted octanol–water partition coefficient (Wildman–Crippen LogP) is 3.86. The van der Waals surface area contributed by atoms with Gasteiger partial charge in [-0.05, 0) is 42.8 Å². The van der Waals surface area contributed by atoms with E-state index in [9.17, 15) is 9.59 Å². The fourth-order valence-corrected chi connectivity index (χ4v) is 2.27. The van der Waals surface area contributed by atoms with Gasteiger partial charge in [0.05, 0.1) is 10.7 Å². The minimum atomic E-state index is -0.645. The number of carbonyl (C=O) groups is 2. The molecule has 0 aliphatic carbocycles. The third kappa shape index (κ3) is 5.76. The van der Waals surface area contributed by atoms with Crippen LogP contribution in [-0.4, -0.2) is 25.1 Å². The molecular formula is C17H15Cl2NO4. The zero-order chi connectivity index (χ0) is 17.5.